The third-order valence-electron chi connectivity index (χ3n) is 19.8. The van der Waals surface area contributed by atoms with Crippen LogP contribution < -0.4 is 0 Å². The largest absolute Gasteiger partial charge is 0.309 e. The smallest absolute Gasteiger partial charge is 0.0541 e. The highest BCUT2D eigenvalue weighted by Crippen LogP contribution is 2.50. The molecule has 15 aromatic carbocycles. The van der Waals surface area contributed by atoms with Crippen LogP contribution in [0.25, 0.3) is 184 Å². The molecule has 0 amide bonds. The van der Waals surface area contributed by atoms with Crippen molar-refractivity contribution in [3.05, 3.63) is 339 Å². The van der Waals surface area contributed by atoms with Gasteiger partial charge in [0, 0.05) is 67.9 Å². The van der Waals surface area contributed by atoms with E-state index >= 15 is 0 Å². The highest BCUT2D eigenvalue weighted by Gasteiger charge is 2.23. The van der Waals surface area contributed by atoms with Crippen molar-refractivity contribution in [3.63, 3.8) is 0 Å². The lowest BCUT2D eigenvalue weighted by Crippen LogP contribution is -1.95. The Morgan fingerprint density at radius 1 is 0.242 bits per heavy atom. The molecular weight excluding hydrogens is 1180 g/mol. The number of hydrogen-bond donors (Lipinski definition) is 0. The van der Waals surface area contributed by atoms with E-state index in [0.717, 1.165) is 35.1 Å². The van der Waals surface area contributed by atoms with E-state index < -0.39 is 0 Å². The summed E-state index contributed by atoms with van der Waals surface area (Å²) < 4.78 is 7.70. The van der Waals surface area contributed by atoms with Crippen LogP contribution in [0.2, 0.25) is 0 Å². The van der Waals surface area contributed by atoms with E-state index in [-0.39, 0.29) is 0 Å². The van der Waals surface area contributed by atoms with E-state index in [1.54, 1.807) is 0 Å². The van der Waals surface area contributed by atoms with E-state index in [4.69, 9.17) is 0 Å². The van der Waals surface area contributed by atoms with Gasteiger partial charge in [0.15, 0.2) is 0 Å². The number of allylic oxidation sites excluding steroid dienone is 4. The second-order valence-electron chi connectivity index (χ2n) is 25.3. The first-order valence-corrected chi connectivity index (χ1v) is 34.5. The van der Waals surface area contributed by atoms with Crippen LogP contribution in [0.4, 0.5) is 0 Å². The Morgan fingerprint density at radius 3 is 1.18 bits per heavy atom. The number of aromatic nitrogens is 1. The number of nitrogens with zero attached hydrogens (tertiary/aromatic N) is 1. The minimum Gasteiger partial charge on any atom is -0.309 e. The number of rotatable bonds is 10. The van der Waals surface area contributed by atoms with E-state index in [2.05, 4.69) is 338 Å². The maximum atomic E-state index is 2.52. The van der Waals surface area contributed by atoms with Crippen molar-refractivity contribution in [1.29, 1.82) is 0 Å². The van der Waals surface area contributed by atoms with E-state index in [0.29, 0.717) is 0 Å². The maximum absolute atomic E-state index is 2.52. The van der Waals surface area contributed by atoms with Crippen molar-refractivity contribution in [2.75, 3.05) is 0 Å². The molecule has 3 heterocycles. The lowest BCUT2D eigenvalue weighted by atomic mass is 9.85. The third kappa shape index (κ3) is 9.41. The fourth-order valence-corrected chi connectivity index (χ4v) is 17.6. The molecule has 0 aliphatic heterocycles. The Kier molecular flexibility index (Phi) is 13.2. The number of fused-ring (bicyclic) bond motifs is 11. The number of thiophene rings is 2. The summed E-state index contributed by atoms with van der Waals surface area (Å²) in [5.41, 5.74) is 25.5. The Hall–Kier alpha value is -11.5. The zero-order chi connectivity index (χ0) is 62.5. The molecule has 1 nitrogen and oxygen atoms in total. The summed E-state index contributed by atoms with van der Waals surface area (Å²) in [6.45, 7) is 0. The summed E-state index contributed by atoms with van der Waals surface area (Å²) in [5, 5.41) is 12.6. The quantitative estimate of drug-likeness (QED) is 0.120. The Labute approximate surface area is 559 Å². The fraction of sp³-hybridized carbons (Fsp3) is 0.0217. The molecule has 0 bridgehead atoms. The van der Waals surface area contributed by atoms with Crippen LogP contribution in [-0.2, 0) is 0 Å². The van der Waals surface area contributed by atoms with Crippen LogP contribution in [0.5, 0.6) is 0 Å². The molecule has 0 saturated carbocycles. The summed E-state index contributed by atoms with van der Waals surface area (Å²) in [4.78, 5) is 0. The van der Waals surface area contributed by atoms with Crippen LogP contribution in [0, 0.1) is 0 Å². The van der Waals surface area contributed by atoms with Gasteiger partial charge in [-0.2, -0.15) is 0 Å². The van der Waals surface area contributed by atoms with Crippen LogP contribution in [0.1, 0.15) is 18.4 Å². The topological polar surface area (TPSA) is 4.93 Å². The summed E-state index contributed by atoms with van der Waals surface area (Å²) >= 11 is 3.82. The van der Waals surface area contributed by atoms with E-state index in [1.165, 1.54) is 167 Å². The van der Waals surface area contributed by atoms with Gasteiger partial charge in [-0.1, -0.05) is 243 Å². The third-order valence-corrected chi connectivity index (χ3v) is 22.2. The summed E-state index contributed by atoms with van der Waals surface area (Å²) in [6.07, 6.45) is 9.19. The molecule has 3 heteroatoms. The number of hydrogen-bond acceptors (Lipinski definition) is 2. The fourth-order valence-electron chi connectivity index (χ4n) is 15.2. The first-order valence-electron chi connectivity index (χ1n) is 32.9. The molecule has 0 unspecified atom stereocenters. The van der Waals surface area contributed by atoms with Crippen LogP contribution in [0.3, 0.4) is 0 Å². The average Bonchev–Trinajstić information content (AvgIpc) is 1.65. The van der Waals surface area contributed by atoms with Crippen molar-refractivity contribution in [3.8, 4) is 94.7 Å². The van der Waals surface area contributed by atoms with Gasteiger partial charge in [-0.05, 0) is 214 Å². The normalized spacial score (nSPS) is 12.6. The zero-order valence-electron chi connectivity index (χ0n) is 51.9. The summed E-state index contributed by atoms with van der Waals surface area (Å²) in [5.74, 6) is 0. The molecule has 95 heavy (non-hydrogen) atoms. The Morgan fingerprint density at radius 2 is 0.642 bits per heavy atom. The standard InChI is InChI=1S/C92H59NS2/c1-7-22-58(23-8-1)65-41-46-87-80(49-65)83-56-70(60-26-11-3-12-27-60)54-76(91(83)94-87)68-39-44-85-78(52-68)79-53-69(77-55-71(61-28-13-4-14-29-61)57-84-81-50-66(59-24-9-2-10-25-59)42-47-88(81)95-92(77)84)40-45-86(79)93(85)72-35-21-34-64(48-72)67-38-43-75-82(51-67)90(63-32-17-6-18-33-63)74-37-20-19-36-73(74)89(75)62-30-15-5-16-31-62/h1-3,5-13,15-57H,4,14H2. The van der Waals surface area contributed by atoms with Crippen LogP contribution in [-0.4, -0.2) is 4.57 Å². The second kappa shape index (κ2) is 22.7. The van der Waals surface area contributed by atoms with Gasteiger partial charge in [0.25, 0.3) is 0 Å². The first-order chi connectivity index (χ1) is 47.1. The maximum Gasteiger partial charge on any atom is 0.0541 e. The highest BCUT2D eigenvalue weighted by molar-refractivity contribution is 7.26. The van der Waals surface area contributed by atoms with Gasteiger partial charge in [-0.25, -0.2) is 0 Å². The van der Waals surface area contributed by atoms with Crippen molar-refractivity contribution in [2.45, 2.75) is 12.8 Å². The molecule has 0 radical (unpaired) electrons. The SMILES string of the molecule is C1=CC(c2cc(-c3ccc4c(c3)c3cc(-c5cc(-c6ccccc6)cc6c5sc5ccc(-c7ccccc7)cc56)ccc3n4-c3cccc(-c4ccc5c(-c6ccccc6)c6ccccc6c(-c6ccccc6)c5c4)c3)c3sc4ccc(-c5ccccc5)cc4c3c2)=CCC1. The van der Waals surface area contributed by atoms with Crippen LogP contribution in [0.15, 0.2) is 334 Å². The zero-order valence-corrected chi connectivity index (χ0v) is 53.6. The van der Waals surface area contributed by atoms with Crippen molar-refractivity contribution >= 4 is 112 Å². The second-order valence-corrected chi connectivity index (χ2v) is 27.4. The molecule has 0 fully saturated rings. The molecule has 444 valence electrons. The Balaban J connectivity index is 0.842. The molecule has 0 saturated heterocycles. The number of benzene rings is 15. The van der Waals surface area contributed by atoms with Gasteiger partial charge >= 0.3 is 0 Å². The Bertz CT molecular complexity index is 6170. The molecule has 3 aromatic heterocycles. The molecule has 18 aromatic rings. The molecular formula is C92H59NS2. The highest BCUT2D eigenvalue weighted by atomic mass is 32.1. The van der Waals surface area contributed by atoms with Crippen molar-refractivity contribution < 1.29 is 0 Å². The summed E-state index contributed by atoms with van der Waals surface area (Å²) in [7, 11) is 0. The van der Waals surface area contributed by atoms with Gasteiger partial charge in [-0.3, -0.25) is 0 Å². The van der Waals surface area contributed by atoms with E-state index in [1.807, 2.05) is 22.7 Å². The van der Waals surface area contributed by atoms with Crippen molar-refractivity contribution in [2.24, 2.45) is 0 Å². The van der Waals surface area contributed by atoms with Gasteiger partial charge in [-0.15, -0.1) is 22.7 Å². The molecule has 1 aliphatic carbocycles. The van der Waals surface area contributed by atoms with Gasteiger partial charge in [0.1, 0.15) is 0 Å². The molecule has 19 rings (SSSR count). The molecule has 1 aliphatic rings. The van der Waals surface area contributed by atoms with Crippen molar-refractivity contribution in [1.82, 2.24) is 4.57 Å². The monoisotopic (exact) mass is 1240 g/mol. The minimum absolute atomic E-state index is 1.04. The van der Waals surface area contributed by atoms with Crippen LogP contribution >= 0.6 is 22.7 Å². The lowest BCUT2D eigenvalue weighted by molar-refractivity contribution is 1.04. The average molecular weight is 1240 g/mol. The van der Waals surface area contributed by atoms with Gasteiger partial charge in [0.05, 0.1) is 11.0 Å². The minimum atomic E-state index is 1.04. The van der Waals surface area contributed by atoms with E-state index in [9.17, 15) is 0 Å². The molecule has 0 spiro atoms. The molecule has 0 N–H and O–H groups in total. The lowest BCUT2D eigenvalue weighted by Gasteiger charge is -2.19. The first kappa shape index (κ1) is 55.2. The predicted molar refractivity (Wildman–Crippen MR) is 411 cm³/mol. The van der Waals surface area contributed by atoms with Gasteiger partial charge < -0.3 is 4.57 Å². The molecule has 0 atom stereocenters. The van der Waals surface area contributed by atoms with Gasteiger partial charge in [0.2, 0.25) is 0 Å². The predicted octanol–water partition coefficient (Wildman–Crippen LogP) is 26.9. The summed E-state index contributed by atoms with van der Waals surface area (Å²) in [6, 6.07) is 118.